The molecule has 0 aromatic heterocycles. The van der Waals surface area contributed by atoms with Crippen molar-refractivity contribution in [2.24, 2.45) is 5.92 Å². The van der Waals surface area contributed by atoms with Gasteiger partial charge in [0.05, 0.1) is 6.04 Å². The SMILES string of the molecule is O=C(N[C@@H]1C[C@H]2C(=O)N[C@@H]3CCN(C(=O)C4CCCC4)[C@@H]3C(=O)N2C1)[C@@H](O)c1ccccc1. The fraction of sp³-hybridized carbons (Fsp3) is 0.583. The molecule has 0 radical (unpaired) electrons. The molecule has 4 fully saturated rings. The Balaban J connectivity index is 1.29. The van der Waals surface area contributed by atoms with E-state index in [9.17, 15) is 24.3 Å². The second kappa shape index (κ2) is 8.78. The molecule has 5 atom stereocenters. The number of hydrogen-bond acceptors (Lipinski definition) is 5. The average molecular weight is 455 g/mol. The Hall–Kier alpha value is -2.94. The highest BCUT2D eigenvalue weighted by molar-refractivity contribution is 5.97. The molecule has 33 heavy (non-hydrogen) atoms. The predicted octanol–water partition coefficient (Wildman–Crippen LogP) is 0.0952. The van der Waals surface area contributed by atoms with Crippen LogP contribution in [0.2, 0.25) is 0 Å². The quantitative estimate of drug-likeness (QED) is 0.596. The lowest BCUT2D eigenvalue weighted by Crippen LogP contribution is -2.53. The summed E-state index contributed by atoms with van der Waals surface area (Å²) in [5.41, 5.74) is 0.478. The Labute approximate surface area is 192 Å². The largest absolute Gasteiger partial charge is 0.378 e. The van der Waals surface area contributed by atoms with Crippen molar-refractivity contribution < 1.29 is 24.3 Å². The van der Waals surface area contributed by atoms with Gasteiger partial charge in [0, 0.05) is 25.0 Å². The highest BCUT2D eigenvalue weighted by Crippen LogP contribution is 2.33. The Morgan fingerprint density at radius 3 is 2.55 bits per heavy atom. The van der Waals surface area contributed by atoms with E-state index in [2.05, 4.69) is 10.6 Å². The van der Waals surface area contributed by atoms with E-state index in [-0.39, 0.29) is 42.6 Å². The lowest BCUT2D eigenvalue weighted by atomic mass is 10.0. The number of aliphatic hydroxyl groups excluding tert-OH is 1. The molecular formula is C24H30N4O5. The summed E-state index contributed by atoms with van der Waals surface area (Å²) >= 11 is 0. The van der Waals surface area contributed by atoms with Crippen LogP contribution in [0.3, 0.4) is 0 Å². The maximum Gasteiger partial charge on any atom is 0.253 e. The summed E-state index contributed by atoms with van der Waals surface area (Å²) < 4.78 is 0. The van der Waals surface area contributed by atoms with Gasteiger partial charge in [0.1, 0.15) is 12.1 Å². The molecule has 4 amide bonds. The van der Waals surface area contributed by atoms with Gasteiger partial charge in [0.15, 0.2) is 6.10 Å². The van der Waals surface area contributed by atoms with Gasteiger partial charge in [-0.15, -0.1) is 0 Å². The monoisotopic (exact) mass is 454 g/mol. The molecule has 0 bridgehead atoms. The van der Waals surface area contributed by atoms with Crippen molar-refractivity contribution in [2.75, 3.05) is 13.1 Å². The number of fused-ring (bicyclic) bond motifs is 2. The van der Waals surface area contributed by atoms with Crippen LogP contribution >= 0.6 is 0 Å². The van der Waals surface area contributed by atoms with Gasteiger partial charge in [0.25, 0.3) is 5.91 Å². The van der Waals surface area contributed by atoms with Crippen LogP contribution in [0.15, 0.2) is 30.3 Å². The molecule has 5 rings (SSSR count). The summed E-state index contributed by atoms with van der Waals surface area (Å²) in [6.45, 7) is 0.650. The Bertz CT molecular complexity index is 947. The van der Waals surface area contributed by atoms with Crippen molar-refractivity contribution in [3.8, 4) is 0 Å². The molecule has 3 saturated heterocycles. The molecule has 9 heteroatoms. The van der Waals surface area contributed by atoms with Gasteiger partial charge >= 0.3 is 0 Å². The van der Waals surface area contributed by atoms with Crippen LogP contribution in [0.25, 0.3) is 0 Å². The maximum atomic E-state index is 13.5. The van der Waals surface area contributed by atoms with Crippen molar-refractivity contribution in [3.05, 3.63) is 35.9 Å². The Morgan fingerprint density at radius 1 is 1.09 bits per heavy atom. The smallest absolute Gasteiger partial charge is 0.253 e. The van der Waals surface area contributed by atoms with E-state index in [0.29, 0.717) is 18.5 Å². The number of carbonyl (C=O) groups excluding carboxylic acids is 4. The molecule has 1 saturated carbocycles. The van der Waals surface area contributed by atoms with Gasteiger partial charge in [0.2, 0.25) is 17.7 Å². The number of nitrogens with zero attached hydrogens (tertiary/aromatic N) is 2. The lowest BCUT2D eigenvalue weighted by Gasteiger charge is -2.31. The number of rotatable bonds is 4. The van der Waals surface area contributed by atoms with Crippen molar-refractivity contribution in [1.82, 2.24) is 20.4 Å². The van der Waals surface area contributed by atoms with E-state index in [1.807, 2.05) is 0 Å². The minimum Gasteiger partial charge on any atom is -0.378 e. The molecular weight excluding hydrogens is 424 g/mol. The van der Waals surface area contributed by atoms with Crippen LogP contribution in [-0.4, -0.2) is 75.8 Å². The molecule has 3 aliphatic heterocycles. The third kappa shape index (κ3) is 3.99. The molecule has 176 valence electrons. The van der Waals surface area contributed by atoms with E-state index in [0.717, 1.165) is 25.7 Å². The normalized spacial score (nSPS) is 30.5. The number of likely N-dealkylation sites (tertiary alicyclic amines) is 1. The summed E-state index contributed by atoms with van der Waals surface area (Å²) in [6.07, 6.45) is 3.32. The van der Waals surface area contributed by atoms with Gasteiger partial charge in [-0.05, 0) is 31.2 Å². The summed E-state index contributed by atoms with van der Waals surface area (Å²) in [5.74, 6) is -1.04. The first-order valence-electron chi connectivity index (χ1n) is 11.9. The zero-order chi connectivity index (χ0) is 23.1. The van der Waals surface area contributed by atoms with E-state index in [4.69, 9.17) is 0 Å². The van der Waals surface area contributed by atoms with E-state index >= 15 is 0 Å². The summed E-state index contributed by atoms with van der Waals surface area (Å²) in [6, 6.07) is 6.42. The third-order valence-corrected chi connectivity index (χ3v) is 7.56. The average Bonchev–Trinajstić information content (AvgIpc) is 3.57. The van der Waals surface area contributed by atoms with Crippen LogP contribution < -0.4 is 10.6 Å². The summed E-state index contributed by atoms with van der Waals surface area (Å²) in [7, 11) is 0. The van der Waals surface area contributed by atoms with Crippen molar-refractivity contribution in [2.45, 2.75) is 68.8 Å². The van der Waals surface area contributed by atoms with Crippen LogP contribution in [0.1, 0.15) is 50.2 Å². The summed E-state index contributed by atoms with van der Waals surface area (Å²) in [5, 5.41) is 16.1. The van der Waals surface area contributed by atoms with E-state index in [1.165, 1.54) is 4.90 Å². The van der Waals surface area contributed by atoms with Crippen molar-refractivity contribution in [1.29, 1.82) is 0 Å². The van der Waals surface area contributed by atoms with Gasteiger partial charge in [-0.25, -0.2) is 0 Å². The fourth-order valence-corrected chi connectivity index (χ4v) is 5.85. The number of aliphatic hydroxyl groups is 1. The van der Waals surface area contributed by atoms with Gasteiger partial charge in [-0.3, -0.25) is 19.2 Å². The highest BCUT2D eigenvalue weighted by Gasteiger charge is 2.53. The number of nitrogens with one attached hydrogen (secondary N) is 2. The molecule has 3 N–H and O–H groups in total. The van der Waals surface area contributed by atoms with Crippen LogP contribution in [0.4, 0.5) is 0 Å². The number of amides is 4. The van der Waals surface area contributed by atoms with Crippen molar-refractivity contribution >= 4 is 23.6 Å². The topological polar surface area (TPSA) is 119 Å². The van der Waals surface area contributed by atoms with Gasteiger partial charge < -0.3 is 25.5 Å². The second-order valence-electron chi connectivity index (χ2n) is 9.62. The maximum absolute atomic E-state index is 13.5. The molecule has 0 spiro atoms. The zero-order valence-corrected chi connectivity index (χ0v) is 18.5. The summed E-state index contributed by atoms with van der Waals surface area (Å²) in [4.78, 5) is 55.4. The number of carbonyl (C=O) groups is 4. The minimum absolute atomic E-state index is 0.0242. The van der Waals surface area contributed by atoms with Crippen molar-refractivity contribution in [3.63, 3.8) is 0 Å². The first kappa shape index (κ1) is 21.9. The first-order valence-corrected chi connectivity index (χ1v) is 11.9. The molecule has 0 unspecified atom stereocenters. The van der Waals surface area contributed by atoms with E-state index in [1.54, 1.807) is 35.2 Å². The number of hydrogen-bond donors (Lipinski definition) is 3. The molecule has 3 heterocycles. The predicted molar refractivity (Wildman–Crippen MR) is 117 cm³/mol. The Morgan fingerprint density at radius 2 is 1.82 bits per heavy atom. The first-order chi connectivity index (χ1) is 15.9. The molecule has 1 aromatic rings. The molecule has 9 nitrogen and oxygen atoms in total. The van der Waals surface area contributed by atoms with E-state index < -0.39 is 30.1 Å². The molecule has 4 aliphatic rings. The van der Waals surface area contributed by atoms with Crippen LogP contribution in [0.5, 0.6) is 0 Å². The number of benzene rings is 1. The van der Waals surface area contributed by atoms with Crippen LogP contribution in [-0.2, 0) is 19.2 Å². The Kier molecular flexibility index (Phi) is 5.82. The molecule has 1 aliphatic carbocycles. The van der Waals surface area contributed by atoms with Crippen LogP contribution in [0, 0.1) is 5.92 Å². The molecule has 1 aromatic carbocycles. The standard InChI is InChI=1S/C24H30N4O5/c29-20(14-6-2-1-3-7-14)22(31)25-16-12-18-21(30)26-17-10-11-27(19(17)24(33)28(18)13-16)23(32)15-8-4-5-9-15/h1-3,6-7,15-20,29H,4-5,8-13H2,(H,25,31)(H,26,30)/t16-,17-,18+,19+,20+/m1/s1. The third-order valence-electron chi connectivity index (χ3n) is 7.56. The lowest BCUT2D eigenvalue weighted by molar-refractivity contribution is -0.146. The second-order valence-corrected chi connectivity index (χ2v) is 9.62. The van der Waals surface area contributed by atoms with Gasteiger partial charge in [-0.2, -0.15) is 0 Å². The fourth-order valence-electron chi connectivity index (χ4n) is 5.85. The van der Waals surface area contributed by atoms with Gasteiger partial charge in [-0.1, -0.05) is 43.2 Å². The highest BCUT2D eigenvalue weighted by atomic mass is 16.3. The zero-order valence-electron chi connectivity index (χ0n) is 18.5. The minimum atomic E-state index is -1.32.